The van der Waals surface area contributed by atoms with Crippen LogP contribution >= 0.6 is 0 Å². The number of aryl methyl sites for hydroxylation is 1. The zero-order valence-corrected chi connectivity index (χ0v) is 18.8. The van der Waals surface area contributed by atoms with Gasteiger partial charge in [-0.1, -0.05) is 0 Å². The number of carbonyl (C=O) groups is 1. The van der Waals surface area contributed by atoms with E-state index in [0.29, 0.717) is 48.8 Å². The van der Waals surface area contributed by atoms with Gasteiger partial charge in [0.25, 0.3) is 5.56 Å². The number of likely N-dealkylation sites (N-methyl/N-ethyl adjacent to an activating group) is 1. The van der Waals surface area contributed by atoms with Crippen molar-refractivity contribution in [2.24, 2.45) is 0 Å². The van der Waals surface area contributed by atoms with Crippen LogP contribution in [0.3, 0.4) is 0 Å². The standard InChI is InChI=1S/C22H28N6O4/c1-5-32-10-6-9-28-18-11-16(15-7-8-19(31-4)24-12-15)23-13-17(18)26-21(22(28)30)25-14-20(29)27(2)3/h7-8,11-13H,5-6,9-10,14H2,1-4H3,(H,25,26). The van der Waals surface area contributed by atoms with Gasteiger partial charge >= 0.3 is 0 Å². The van der Waals surface area contributed by atoms with E-state index in [2.05, 4.69) is 20.3 Å². The Bertz CT molecular complexity index is 1130. The van der Waals surface area contributed by atoms with Crippen molar-refractivity contribution < 1.29 is 14.3 Å². The summed E-state index contributed by atoms with van der Waals surface area (Å²) in [6.45, 7) is 3.50. The largest absolute Gasteiger partial charge is 0.481 e. The SMILES string of the molecule is CCOCCCn1c(=O)c(NCC(=O)N(C)C)nc2cnc(-c3ccc(OC)nc3)cc21. The maximum absolute atomic E-state index is 13.2. The topological polar surface area (TPSA) is 111 Å². The predicted molar refractivity (Wildman–Crippen MR) is 122 cm³/mol. The van der Waals surface area contributed by atoms with E-state index >= 15 is 0 Å². The van der Waals surface area contributed by atoms with Gasteiger partial charge in [0.2, 0.25) is 11.8 Å². The van der Waals surface area contributed by atoms with Gasteiger partial charge in [0.15, 0.2) is 5.82 Å². The number of carbonyl (C=O) groups excluding carboxylic acids is 1. The molecular formula is C22H28N6O4. The molecule has 10 heteroatoms. The number of hydrogen-bond acceptors (Lipinski definition) is 8. The summed E-state index contributed by atoms with van der Waals surface area (Å²) in [5.41, 5.74) is 2.35. The van der Waals surface area contributed by atoms with Crippen molar-refractivity contribution in [3.63, 3.8) is 0 Å². The van der Waals surface area contributed by atoms with Gasteiger partial charge in [0, 0.05) is 51.7 Å². The van der Waals surface area contributed by atoms with Crippen molar-refractivity contribution in [2.45, 2.75) is 19.9 Å². The number of fused-ring (bicyclic) bond motifs is 1. The zero-order chi connectivity index (χ0) is 23.1. The molecule has 0 aromatic carbocycles. The summed E-state index contributed by atoms with van der Waals surface area (Å²) in [6, 6.07) is 5.43. The Labute approximate surface area is 186 Å². The maximum atomic E-state index is 13.2. The molecule has 10 nitrogen and oxygen atoms in total. The van der Waals surface area contributed by atoms with E-state index in [4.69, 9.17) is 9.47 Å². The molecule has 0 aliphatic carbocycles. The highest BCUT2D eigenvalue weighted by Crippen LogP contribution is 2.22. The predicted octanol–water partition coefficient (Wildman–Crippen LogP) is 1.79. The highest BCUT2D eigenvalue weighted by Gasteiger charge is 2.14. The fourth-order valence-corrected chi connectivity index (χ4v) is 3.08. The summed E-state index contributed by atoms with van der Waals surface area (Å²) in [6.07, 6.45) is 3.94. The van der Waals surface area contributed by atoms with Crippen molar-refractivity contribution >= 4 is 22.8 Å². The Morgan fingerprint density at radius 3 is 2.69 bits per heavy atom. The first-order valence-corrected chi connectivity index (χ1v) is 10.4. The number of hydrogen-bond donors (Lipinski definition) is 1. The quantitative estimate of drug-likeness (QED) is 0.475. The summed E-state index contributed by atoms with van der Waals surface area (Å²) < 4.78 is 12.2. The van der Waals surface area contributed by atoms with E-state index in [1.807, 2.05) is 19.1 Å². The molecule has 3 rings (SSSR count). The molecule has 0 saturated heterocycles. The molecule has 0 spiro atoms. The molecule has 0 aliphatic rings. The van der Waals surface area contributed by atoms with E-state index in [0.717, 1.165) is 5.56 Å². The van der Waals surface area contributed by atoms with Crippen LogP contribution < -0.4 is 15.6 Å². The second kappa shape index (κ2) is 10.7. The summed E-state index contributed by atoms with van der Waals surface area (Å²) in [5.74, 6) is 0.464. The molecule has 0 radical (unpaired) electrons. The van der Waals surface area contributed by atoms with E-state index < -0.39 is 0 Å². The Hall–Kier alpha value is -3.53. The molecule has 0 saturated carbocycles. The van der Waals surface area contributed by atoms with E-state index in [-0.39, 0.29) is 23.8 Å². The first-order chi connectivity index (χ1) is 15.4. The summed E-state index contributed by atoms with van der Waals surface area (Å²) in [4.78, 5) is 39.7. The Kier molecular flexibility index (Phi) is 7.72. The van der Waals surface area contributed by atoms with Crippen molar-refractivity contribution in [2.75, 3.05) is 46.3 Å². The van der Waals surface area contributed by atoms with E-state index in [1.54, 1.807) is 44.2 Å². The minimum absolute atomic E-state index is 0.0251. The molecule has 170 valence electrons. The molecular weight excluding hydrogens is 412 g/mol. The Morgan fingerprint density at radius 2 is 2.03 bits per heavy atom. The average Bonchev–Trinajstić information content (AvgIpc) is 2.81. The molecule has 3 aromatic heterocycles. The summed E-state index contributed by atoms with van der Waals surface area (Å²) >= 11 is 0. The first-order valence-electron chi connectivity index (χ1n) is 10.4. The zero-order valence-electron chi connectivity index (χ0n) is 18.8. The number of amides is 1. The van der Waals surface area contributed by atoms with Crippen LogP contribution in [0.25, 0.3) is 22.3 Å². The van der Waals surface area contributed by atoms with Crippen LogP contribution in [0, 0.1) is 0 Å². The lowest BCUT2D eigenvalue weighted by Crippen LogP contribution is -2.32. The molecule has 3 heterocycles. The van der Waals surface area contributed by atoms with Gasteiger partial charge in [-0.05, 0) is 25.5 Å². The van der Waals surface area contributed by atoms with Crippen LogP contribution in [-0.4, -0.2) is 71.3 Å². The second-order valence-corrected chi connectivity index (χ2v) is 7.26. The van der Waals surface area contributed by atoms with Crippen molar-refractivity contribution in [1.82, 2.24) is 24.4 Å². The Balaban J connectivity index is 2.01. The second-order valence-electron chi connectivity index (χ2n) is 7.26. The third-order valence-corrected chi connectivity index (χ3v) is 4.85. The molecule has 0 bridgehead atoms. The van der Waals surface area contributed by atoms with Crippen molar-refractivity contribution in [3.05, 3.63) is 40.9 Å². The fourth-order valence-electron chi connectivity index (χ4n) is 3.08. The van der Waals surface area contributed by atoms with Gasteiger partial charge in [-0.15, -0.1) is 0 Å². The molecule has 1 amide bonds. The number of ether oxygens (including phenoxy) is 2. The monoisotopic (exact) mass is 440 g/mol. The number of aromatic nitrogens is 4. The van der Waals surface area contributed by atoms with Crippen LogP contribution in [0.2, 0.25) is 0 Å². The molecule has 0 unspecified atom stereocenters. The van der Waals surface area contributed by atoms with E-state index in [9.17, 15) is 9.59 Å². The molecule has 0 atom stereocenters. The maximum Gasteiger partial charge on any atom is 0.293 e. The smallest absolute Gasteiger partial charge is 0.293 e. The highest BCUT2D eigenvalue weighted by atomic mass is 16.5. The first kappa shape index (κ1) is 23.1. The fraction of sp³-hybridized carbons (Fsp3) is 0.409. The normalized spacial score (nSPS) is 10.9. The van der Waals surface area contributed by atoms with Gasteiger partial charge in [0.1, 0.15) is 5.52 Å². The van der Waals surface area contributed by atoms with Crippen LogP contribution in [0.15, 0.2) is 35.4 Å². The van der Waals surface area contributed by atoms with Gasteiger partial charge in [-0.3, -0.25) is 14.6 Å². The van der Waals surface area contributed by atoms with Gasteiger partial charge in [-0.25, -0.2) is 9.97 Å². The lowest BCUT2D eigenvalue weighted by atomic mass is 10.2. The lowest BCUT2D eigenvalue weighted by Gasteiger charge is -2.15. The van der Waals surface area contributed by atoms with Crippen LogP contribution in [0.1, 0.15) is 13.3 Å². The highest BCUT2D eigenvalue weighted by molar-refractivity contribution is 5.82. The number of nitrogens with one attached hydrogen (secondary N) is 1. The molecule has 0 fully saturated rings. The average molecular weight is 441 g/mol. The van der Waals surface area contributed by atoms with Crippen LogP contribution in [-0.2, 0) is 16.1 Å². The van der Waals surface area contributed by atoms with Crippen LogP contribution in [0.4, 0.5) is 5.82 Å². The number of nitrogens with zero attached hydrogens (tertiary/aromatic N) is 5. The van der Waals surface area contributed by atoms with Gasteiger partial charge in [-0.2, -0.15) is 0 Å². The summed E-state index contributed by atoms with van der Waals surface area (Å²) in [5, 5.41) is 2.87. The number of anilines is 1. The van der Waals surface area contributed by atoms with Crippen molar-refractivity contribution in [3.8, 4) is 17.1 Å². The molecule has 32 heavy (non-hydrogen) atoms. The molecule has 0 aliphatic heterocycles. The number of rotatable bonds is 10. The number of pyridine rings is 2. The third-order valence-electron chi connectivity index (χ3n) is 4.85. The molecule has 3 aromatic rings. The van der Waals surface area contributed by atoms with Gasteiger partial charge in [0.05, 0.1) is 31.1 Å². The van der Waals surface area contributed by atoms with Crippen LogP contribution in [0.5, 0.6) is 5.88 Å². The third kappa shape index (κ3) is 5.38. The van der Waals surface area contributed by atoms with Gasteiger partial charge < -0.3 is 24.3 Å². The summed E-state index contributed by atoms with van der Waals surface area (Å²) in [7, 11) is 4.87. The minimum atomic E-state index is -0.300. The minimum Gasteiger partial charge on any atom is -0.481 e. The number of methoxy groups -OCH3 is 1. The van der Waals surface area contributed by atoms with E-state index in [1.165, 1.54) is 4.90 Å². The Morgan fingerprint density at radius 1 is 1.22 bits per heavy atom. The van der Waals surface area contributed by atoms with Crippen molar-refractivity contribution in [1.29, 1.82) is 0 Å². The molecule has 1 N–H and O–H groups in total. The lowest BCUT2D eigenvalue weighted by molar-refractivity contribution is -0.126.